The van der Waals surface area contributed by atoms with Crippen LogP contribution in [0.3, 0.4) is 0 Å². The van der Waals surface area contributed by atoms with Crippen LogP contribution in [0.25, 0.3) is 10.9 Å². The van der Waals surface area contributed by atoms with Gasteiger partial charge in [-0.25, -0.2) is 9.97 Å². The summed E-state index contributed by atoms with van der Waals surface area (Å²) in [4.78, 5) is 23.9. The molecule has 1 aliphatic rings. The first-order chi connectivity index (χ1) is 11.7. The van der Waals surface area contributed by atoms with E-state index in [1.165, 1.54) is 6.42 Å². The first-order valence-corrected chi connectivity index (χ1v) is 9.82. The average Bonchev–Trinajstić information content (AvgIpc) is 2.59. The summed E-state index contributed by atoms with van der Waals surface area (Å²) in [5.74, 6) is 2.17. The summed E-state index contributed by atoms with van der Waals surface area (Å²) < 4.78 is 0. The highest BCUT2D eigenvalue weighted by Gasteiger charge is 2.21. The Morgan fingerprint density at radius 1 is 1.33 bits per heavy atom. The fraction of sp³-hybridized carbons (Fsp3) is 0.526. The van der Waals surface area contributed by atoms with Gasteiger partial charge in [-0.15, -0.1) is 0 Å². The quantitative estimate of drug-likeness (QED) is 0.609. The number of likely N-dealkylation sites (tertiary alicyclic amines) is 1. The van der Waals surface area contributed by atoms with Crippen molar-refractivity contribution >= 4 is 28.6 Å². The Balaban J connectivity index is 1.75. The van der Waals surface area contributed by atoms with Crippen LogP contribution in [0.15, 0.2) is 29.3 Å². The van der Waals surface area contributed by atoms with Crippen molar-refractivity contribution < 1.29 is 4.79 Å². The summed E-state index contributed by atoms with van der Waals surface area (Å²) in [7, 11) is 0. The fourth-order valence-corrected chi connectivity index (χ4v) is 4.12. The van der Waals surface area contributed by atoms with E-state index in [4.69, 9.17) is 4.98 Å². The predicted molar refractivity (Wildman–Crippen MR) is 99.2 cm³/mol. The number of aromatic nitrogens is 2. The Bertz CT molecular complexity index is 719. The highest BCUT2D eigenvalue weighted by Crippen LogP contribution is 2.26. The van der Waals surface area contributed by atoms with E-state index in [2.05, 4.69) is 18.8 Å². The highest BCUT2D eigenvalue weighted by molar-refractivity contribution is 8.00. The number of benzene rings is 1. The van der Waals surface area contributed by atoms with Gasteiger partial charge in [-0.05, 0) is 31.2 Å². The fourth-order valence-electron chi connectivity index (χ4n) is 3.18. The number of carbonyl (C=O) groups is 1. The van der Waals surface area contributed by atoms with Crippen LogP contribution in [-0.4, -0.2) is 39.6 Å². The molecule has 3 rings (SSSR count). The molecule has 1 atom stereocenters. The van der Waals surface area contributed by atoms with Gasteiger partial charge in [-0.1, -0.05) is 43.8 Å². The van der Waals surface area contributed by atoms with E-state index in [0.29, 0.717) is 11.7 Å². The number of aryl methyl sites for hydroxylation is 1. The summed E-state index contributed by atoms with van der Waals surface area (Å²) in [6, 6.07) is 8.07. The molecule has 1 amide bonds. The molecule has 0 radical (unpaired) electrons. The molecular formula is C19H25N3OS. The van der Waals surface area contributed by atoms with E-state index < -0.39 is 0 Å². The number of carbonyl (C=O) groups excluding carboxylic acids is 1. The maximum absolute atomic E-state index is 12.5. The molecular weight excluding hydrogens is 318 g/mol. The van der Waals surface area contributed by atoms with Gasteiger partial charge in [0.2, 0.25) is 5.91 Å². The highest BCUT2D eigenvalue weighted by atomic mass is 32.2. The van der Waals surface area contributed by atoms with Gasteiger partial charge in [0.1, 0.15) is 10.9 Å². The minimum Gasteiger partial charge on any atom is -0.342 e. The zero-order valence-electron chi connectivity index (χ0n) is 14.5. The second-order valence-electron chi connectivity index (χ2n) is 6.59. The Morgan fingerprint density at radius 3 is 2.96 bits per heavy atom. The molecule has 4 nitrogen and oxygen atoms in total. The Labute approximate surface area is 148 Å². The molecule has 2 aromatic rings. The number of amides is 1. The van der Waals surface area contributed by atoms with Gasteiger partial charge < -0.3 is 4.90 Å². The average molecular weight is 343 g/mol. The standard InChI is InChI=1S/C19H25N3OS/c1-3-7-17-20-16-10-5-4-9-15(16)19(21-17)24-13-18(23)22-11-6-8-14(2)12-22/h4-5,9-10,14H,3,6-8,11-13H2,1-2H3. The predicted octanol–water partition coefficient (Wildman–Crippen LogP) is 3.93. The number of para-hydroxylation sites is 1. The van der Waals surface area contributed by atoms with Crippen molar-refractivity contribution in [2.75, 3.05) is 18.8 Å². The molecule has 0 aliphatic carbocycles. The van der Waals surface area contributed by atoms with Crippen LogP contribution in [0, 0.1) is 5.92 Å². The van der Waals surface area contributed by atoms with Crippen molar-refractivity contribution in [3.8, 4) is 0 Å². The van der Waals surface area contributed by atoms with E-state index in [1.807, 2.05) is 29.2 Å². The van der Waals surface area contributed by atoms with Gasteiger partial charge >= 0.3 is 0 Å². The van der Waals surface area contributed by atoms with E-state index >= 15 is 0 Å². The number of fused-ring (bicyclic) bond motifs is 1. The number of hydrogen-bond donors (Lipinski definition) is 0. The van der Waals surface area contributed by atoms with Crippen LogP contribution in [0.2, 0.25) is 0 Å². The Hall–Kier alpha value is -1.62. The first-order valence-electron chi connectivity index (χ1n) is 8.83. The van der Waals surface area contributed by atoms with Crippen molar-refractivity contribution in [1.82, 2.24) is 14.9 Å². The maximum Gasteiger partial charge on any atom is 0.232 e. The lowest BCUT2D eigenvalue weighted by Gasteiger charge is -2.30. The molecule has 0 N–H and O–H groups in total. The Morgan fingerprint density at radius 2 is 2.17 bits per heavy atom. The van der Waals surface area contributed by atoms with Crippen molar-refractivity contribution in [3.05, 3.63) is 30.1 Å². The van der Waals surface area contributed by atoms with Gasteiger partial charge in [-0.2, -0.15) is 0 Å². The van der Waals surface area contributed by atoms with E-state index in [0.717, 1.165) is 54.1 Å². The molecule has 1 unspecified atom stereocenters. The largest absolute Gasteiger partial charge is 0.342 e. The van der Waals surface area contributed by atoms with Gasteiger partial charge in [0.05, 0.1) is 11.3 Å². The zero-order chi connectivity index (χ0) is 16.9. The third-order valence-electron chi connectivity index (χ3n) is 4.43. The van der Waals surface area contributed by atoms with Crippen LogP contribution < -0.4 is 0 Å². The van der Waals surface area contributed by atoms with E-state index in [1.54, 1.807) is 11.8 Å². The molecule has 0 spiro atoms. The summed E-state index contributed by atoms with van der Waals surface area (Å²) in [5.41, 5.74) is 0.970. The zero-order valence-corrected chi connectivity index (χ0v) is 15.3. The van der Waals surface area contributed by atoms with Crippen LogP contribution in [-0.2, 0) is 11.2 Å². The number of nitrogens with zero attached hydrogens (tertiary/aromatic N) is 3. The molecule has 5 heteroatoms. The minimum atomic E-state index is 0.228. The molecule has 1 aromatic carbocycles. The van der Waals surface area contributed by atoms with Crippen LogP contribution in [0.4, 0.5) is 0 Å². The molecule has 0 saturated carbocycles. The van der Waals surface area contributed by atoms with Crippen molar-refractivity contribution in [2.45, 2.75) is 44.6 Å². The van der Waals surface area contributed by atoms with Gasteiger partial charge in [0.25, 0.3) is 0 Å². The molecule has 1 saturated heterocycles. The number of piperidine rings is 1. The lowest BCUT2D eigenvalue weighted by Crippen LogP contribution is -2.40. The smallest absolute Gasteiger partial charge is 0.232 e. The Kier molecular flexibility index (Phi) is 5.72. The number of thioether (sulfide) groups is 1. The molecule has 2 heterocycles. The van der Waals surface area contributed by atoms with Crippen molar-refractivity contribution in [2.24, 2.45) is 5.92 Å². The van der Waals surface area contributed by atoms with E-state index in [-0.39, 0.29) is 5.91 Å². The van der Waals surface area contributed by atoms with Crippen molar-refractivity contribution in [1.29, 1.82) is 0 Å². The van der Waals surface area contributed by atoms with Crippen LogP contribution in [0.5, 0.6) is 0 Å². The third-order valence-corrected chi connectivity index (χ3v) is 5.41. The van der Waals surface area contributed by atoms with Crippen LogP contribution >= 0.6 is 11.8 Å². The molecule has 1 aliphatic heterocycles. The maximum atomic E-state index is 12.5. The summed E-state index contributed by atoms with van der Waals surface area (Å²) >= 11 is 1.55. The van der Waals surface area contributed by atoms with Gasteiger partial charge in [0, 0.05) is 24.9 Å². The molecule has 1 fully saturated rings. The van der Waals surface area contributed by atoms with E-state index in [9.17, 15) is 4.79 Å². The lowest BCUT2D eigenvalue weighted by molar-refractivity contribution is -0.130. The normalized spacial score (nSPS) is 18.1. The third kappa shape index (κ3) is 4.07. The molecule has 0 bridgehead atoms. The van der Waals surface area contributed by atoms with Gasteiger partial charge in [-0.3, -0.25) is 4.79 Å². The molecule has 128 valence electrons. The number of hydrogen-bond acceptors (Lipinski definition) is 4. The SMILES string of the molecule is CCCc1nc(SCC(=O)N2CCCC(C)C2)c2ccccc2n1. The van der Waals surface area contributed by atoms with Crippen LogP contribution in [0.1, 0.15) is 38.9 Å². The lowest BCUT2D eigenvalue weighted by atomic mass is 10.0. The molecule has 24 heavy (non-hydrogen) atoms. The van der Waals surface area contributed by atoms with Gasteiger partial charge in [0.15, 0.2) is 0 Å². The summed E-state index contributed by atoms with van der Waals surface area (Å²) in [6.45, 7) is 6.15. The molecule has 1 aromatic heterocycles. The van der Waals surface area contributed by atoms with Crippen molar-refractivity contribution in [3.63, 3.8) is 0 Å². The summed E-state index contributed by atoms with van der Waals surface area (Å²) in [6.07, 6.45) is 4.24. The topological polar surface area (TPSA) is 46.1 Å². The summed E-state index contributed by atoms with van der Waals surface area (Å²) in [5, 5.41) is 1.98. The second kappa shape index (κ2) is 7.97. The number of rotatable bonds is 5. The minimum absolute atomic E-state index is 0.228. The second-order valence-corrected chi connectivity index (χ2v) is 7.55. The first kappa shape index (κ1) is 17.2. The monoisotopic (exact) mass is 343 g/mol.